The van der Waals surface area contributed by atoms with Gasteiger partial charge in [0.2, 0.25) is 5.91 Å². The van der Waals surface area contributed by atoms with Crippen molar-refractivity contribution in [3.63, 3.8) is 0 Å². The molecular formula is C16H25NO. The van der Waals surface area contributed by atoms with Crippen molar-refractivity contribution < 1.29 is 4.79 Å². The highest BCUT2D eigenvalue weighted by Crippen LogP contribution is 2.27. The summed E-state index contributed by atoms with van der Waals surface area (Å²) in [6.45, 7) is 8.49. The molecule has 0 aliphatic heterocycles. The zero-order chi connectivity index (χ0) is 13.5. The number of rotatable bonds is 6. The van der Waals surface area contributed by atoms with E-state index < -0.39 is 0 Å². The van der Waals surface area contributed by atoms with Gasteiger partial charge >= 0.3 is 0 Å². The molecule has 0 unspecified atom stereocenters. The quantitative estimate of drug-likeness (QED) is 0.783. The Balaban J connectivity index is 2.87. The van der Waals surface area contributed by atoms with E-state index >= 15 is 0 Å². The van der Waals surface area contributed by atoms with Crippen LogP contribution in [0.3, 0.4) is 0 Å². The highest BCUT2D eigenvalue weighted by Gasteiger charge is 2.16. The highest BCUT2D eigenvalue weighted by atomic mass is 16.1. The maximum absolute atomic E-state index is 12.1. The standard InChI is InChI=1S/C16H25NO/c1-5-12(4)14-10-8-9-11-15(14)17-16(18)13(6-2)7-3/h8-13H,5-7H2,1-4H3,(H,17,18)/t12-/m0/s1. The Morgan fingerprint density at radius 3 is 2.28 bits per heavy atom. The molecule has 1 atom stereocenters. The van der Waals surface area contributed by atoms with E-state index in [2.05, 4.69) is 39.1 Å². The van der Waals surface area contributed by atoms with Crippen LogP contribution in [0.4, 0.5) is 5.69 Å². The third-order valence-electron chi connectivity index (χ3n) is 3.72. The van der Waals surface area contributed by atoms with Gasteiger partial charge in [0.25, 0.3) is 0 Å². The van der Waals surface area contributed by atoms with Crippen molar-refractivity contribution in [3.05, 3.63) is 29.8 Å². The van der Waals surface area contributed by atoms with E-state index in [1.165, 1.54) is 5.56 Å². The van der Waals surface area contributed by atoms with Crippen LogP contribution in [0, 0.1) is 5.92 Å². The Bertz CT molecular complexity index is 382. The molecule has 100 valence electrons. The van der Waals surface area contributed by atoms with Crippen molar-refractivity contribution in [3.8, 4) is 0 Å². The summed E-state index contributed by atoms with van der Waals surface area (Å²) in [7, 11) is 0. The average molecular weight is 247 g/mol. The number of benzene rings is 1. The minimum absolute atomic E-state index is 0.120. The summed E-state index contributed by atoms with van der Waals surface area (Å²) in [5.41, 5.74) is 2.21. The summed E-state index contributed by atoms with van der Waals surface area (Å²) in [4.78, 5) is 12.1. The Hall–Kier alpha value is -1.31. The third-order valence-corrected chi connectivity index (χ3v) is 3.72. The van der Waals surface area contributed by atoms with Crippen molar-refractivity contribution in [1.29, 1.82) is 0 Å². The lowest BCUT2D eigenvalue weighted by Gasteiger charge is -2.18. The molecule has 0 aromatic heterocycles. The summed E-state index contributed by atoms with van der Waals surface area (Å²) in [6, 6.07) is 8.13. The summed E-state index contributed by atoms with van der Waals surface area (Å²) in [6.07, 6.45) is 2.87. The zero-order valence-electron chi connectivity index (χ0n) is 12.0. The highest BCUT2D eigenvalue weighted by molar-refractivity contribution is 5.93. The summed E-state index contributed by atoms with van der Waals surface area (Å²) in [5.74, 6) is 0.744. The van der Waals surface area contributed by atoms with E-state index in [0.29, 0.717) is 5.92 Å². The molecule has 1 amide bonds. The second kappa shape index (κ2) is 7.20. The average Bonchev–Trinajstić information content (AvgIpc) is 2.40. The molecule has 0 saturated carbocycles. The predicted molar refractivity (Wildman–Crippen MR) is 77.8 cm³/mol. The van der Waals surface area contributed by atoms with Crippen molar-refractivity contribution in [2.24, 2.45) is 5.92 Å². The number of hydrogen-bond donors (Lipinski definition) is 1. The molecule has 0 fully saturated rings. The molecule has 1 rings (SSSR count). The van der Waals surface area contributed by atoms with Crippen LogP contribution in [0.25, 0.3) is 0 Å². The van der Waals surface area contributed by atoms with E-state index in [-0.39, 0.29) is 11.8 Å². The first-order valence-electron chi connectivity index (χ1n) is 7.03. The fourth-order valence-electron chi connectivity index (χ4n) is 2.15. The van der Waals surface area contributed by atoms with Crippen LogP contribution in [0.5, 0.6) is 0 Å². The van der Waals surface area contributed by atoms with Crippen LogP contribution < -0.4 is 5.32 Å². The van der Waals surface area contributed by atoms with Crippen LogP contribution in [-0.4, -0.2) is 5.91 Å². The molecule has 1 aromatic carbocycles. The number of carbonyl (C=O) groups is 1. The molecule has 18 heavy (non-hydrogen) atoms. The van der Waals surface area contributed by atoms with Gasteiger partial charge in [-0.2, -0.15) is 0 Å². The lowest BCUT2D eigenvalue weighted by atomic mass is 9.96. The maximum Gasteiger partial charge on any atom is 0.227 e. The Morgan fingerprint density at radius 2 is 1.72 bits per heavy atom. The Morgan fingerprint density at radius 1 is 1.11 bits per heavy atom. The van der Waals surface area contributed by atoms with Gasteiger partial charge in [0.15, 0.2) is 0 Å². The summed E-state index contributed by atoms with van der Waals surface area (Å²) in [5, 5.41) is 3.09. The predicted octanol–water partition coefficient (Wildman–Crippen LogP) is 4.57. The number of hydrogen-bond acceptors (Lipinski definition) is 1. The Kier molecular flexibility index (Phi) is 5.90. The van der Waals surface area contributed by atoms with Crippen LogP contribution in [0.1, 0.15) is 58.4 Å². The number of anilines is 1. The molecule has 2 nitrogen and oxygen atoms in total. The van der Waals surface area contributed by atoms with Crippen molar-refractivity contribution in [2.75, 3.05) is 5.32 Å². The van der Waals surface area contributed by atoms with Crippen molar-refractivity contribution >= 4 is 11.6 Å². The molecular weight excluding hydrogens is 222 g/mol. The Labute approximate surface area is 111 Å². The molecule has 2 heteroatoms. The van der Waals surface area contributed by atoms with Gasteiger partial charge in [0.1, 0.15) is 0 Å². The second-order valence-electron chi connectivity index (χ2n) is 4.90. The van der Waals surface area contributed by atoms with Gasteiger partial charge in [0, 0.05) is 11.6 Å². The van der Waals surface area contributed by atoms with Gasteiger partial charge < -0.3 is 5.32 Å². The van der Waals surface area contributed by atoms with Crippen molar-refractivity contribution in [1.82, 2.24) is 0 Å². The normalized spacial score (nSPS) is 12.5. The molecule has 1 N–H and O–H groups in total. The second-order valence-corrected chi connectivity index (χ2v) is 4.90. The van der Waals surface area contributed by atoms with Gasteiger partial charge in [-0.05, 0) is 36.8 Å². The molecule has 0 aliphatic carbocycles. The largest absolute Gasteiger partial charge is 0.326 e. The zero-order valence-corrected chi connectivity index (χ0v) is 12.0. The van der Waals surface area contributed by atoms with E-state index in [1.54, 1.807) is 0 Å². The summed E-state index contributed by atoms with van der Waals surface area (Å²) < 4.78 is 0. The lowest BCUT2D eigenvalue weighted by Crippen LogP contribution is -2.22. The molecule has 0 bridgehead atoms. The molecule has 0 heterocycles. The minimum Gasteiger partial charge on any atom is -0.326 e. The van der Waals surface area contributed by atoms with E-state index in [1.807, 2.05) is 18.2 Å². The lowest BCUT2D eigenvalue weighted by molar-refractivity contribution is -0.120. The van der Waals surface area contributed by atoms with Crippen molar-refractivity contribution in [2.45, 2.75) is 52.9 Å². The molecule has 0 spiro atoms. The first kappa shape index (κ1) is 14.7. The van der Waals surface area contributed by atoms with Gasteiger partial charge in [-0.25, -0.2) is 0 Å². The third kappa shape index (κ3) is 3.59. The van der Waals surface area contributed by atoms with Crippen LogP contribution in [0.15, 0.2) is 24.3 Å². The fourth-order valence-corrected chi connectivity index (χ4v) is 2.15. The first-order valence-corrected chi connectivity index (χ1v) is 7.03. The summed E-state index contributed by atoms with van der Waals surface area (Å²) >= 11 is 0. The molecule has 0 saturated heterocycles. The van der Waals surface area contributed by atoms with Crippen LogP contribution in [-0.2, 0) is 4.79 Å². The van der Waals surface area contributed by atoms with Gasteiger partial charge in [-0.3, -0.25) is 4.79 Å². The maximum atomic E-state index is 12.1. The molecule has 1 aromatic rings. The monoisotopic (exact) mass is 247 g/mol. The van der Waals surface area contributed by atoms with E-state index in [4.69, 9.17) is 0 Å². The van der Waals surface area contributed by atoms with Gasteiger partial charge in [-0.1, -0.05) is 45.9 Å². The number of amides is 1. The number of para-hydroxylation sites is 1. The van der Waals surface area contributed by atoms with Crippen LogP contribution in [0.2, 0.25) is 0 Å². The minimum atomic E-state index is 0.120. The topological polar surface area (TPSA) is 29.1 Å². The van der Waals surface area contributed by atoms with E-state index in [0.717, 1.165) is 24.9 Å². The van der Waals surface area contributed by atoms with Gasteiger partial charge in [0.05, 0.1) is 0 Å². The van der Waals surface area contributed by atoms with Crippen LogP contribution >= 0.6 is 0 Å². The fraction of sp³-hybridized carbons (Fsp3) is 0.562. The van der Waals surface area contributed by atoms with Gasteiger partial charge in [-0.15, -0.1) is 0 Å². The van der Waals surface area contributed by atoms with E-state index in [9.17, 15) is 4.79 Å². The SMILES string of the molecule is CCC(CC)C(=O)Nc1ccccc1[C@@H](C)CC. The number of carbonyl (C=O) groups excluding carboxylic acids is 1. The number of nitrogens with one attached hydrogen (secondary N) is 1. The molecule has 0 aliphatic rings. The first-order chi connectivity index (χ1) is 8.63. The smallest absolute Gasteiger partial charge is 0.227 e. The molecule has 0 radical (unpaired) electrons.